The van der Waals surface area contributed by atoms with E-state index in [2.05, 4.69) is 21.7 Å². The fourth-order valence-electron chi connectivity index (χ4n) is 1.45. The van der Waals surface area contributed by atoms with Crippen molar-refractivity contribution in [3.8, 4) is 0 Å². The average molecular weight is 247 g/mol. The molecule has 2 aromatic rings. The predicted octanol–water partition coefficient (Wildman–Crippen LogP) is 1.70. The minimum Gasteiger partial charge on any atom is -0.384 e. The van der Waals surface area contributed by atoms with Gasteiger partial charge in [-0.2, -0.15) is 11.3 Å². The number of rotatable bonds is 4. The molecule has 0 spiro atoms. The van der Waals surface area contributed by atoms with Crippen molar-refractivity contribution in [2.75, 3.05) is 12.3 Å². The van der Waals surface area contributed by atoms with Crippen LogP contribution in [0.2, 0.25) is 0 Å². The quantitative estimate of drug-likeness (QED) is 0.864. The molecule has 88 valence electrons. The number of pyridine rings is 1. The van der Waals surface area contributed by atoms with Gasteiger partial charge in [-0.3, -0.25) is 4.79 Å². The van der Waals surface area contributed by atoms with E-state index in [1.165, 1.54) is 11.8 Å². The first-order valence-corrected chi connectivity index (χ1v) is 6.21. The highest BCUT2D eigenvalue weighted by Crippen LogP contribution is 2.06. The number of hydrogen-bond donors (Lipinski definition) is 2. The standard InChI is InChI=1S/C12H13N3OS/c13-11-7-10(2-5-14-11)12(16)15-4-1-9-3-6-17-8-9/h2-3,5-8H,1,4H2,(H2,13,14)(H,15,16). The third kappa shape index (κ3) is 3.29. The van der Waals surface area contributed by atoms with E-state index in [4.69, 9.17) is 5.73 Å². The summed E-state index contributed by atoms with van der Waals surface area (Å²) in [5.41, 5.74) is 7.30. The van der Waals surface area contributed by atoms with E-state index < -0.39 is 0 Å². The van der Waals surface area contributed by atoms with Gasteiger partial charge in [0.25, 0.3) is 5.91 Å². The molecule has 2 heterocycles. The van der Waals surface area contributed by atoms with Crippen LogP contribution in [0.15, 0.2) is 35.2 Å². The molecule has 2 rings (SSSR count). The van der Waals surface area contributed by atoms with Crippen LogP contribution in [0, 0.1) is 0 Å². The van der Waals surface area contributed by atoms with Crippen LogP contribution in [0.5, 0.6) is 0 Å². The molecule has 0 radical (unpaired) electrons. The minimum atomic E-state index is -0.116. The zero-order chi connectivity index (χ0) is 12.1. The molecule has 5 heteroatoms. The molecule has 0 aliphatic heterocycles. The third-order valence-corrected chi connectivity index (χ3v) is 3.05. The highest BCUT2D eigenvalue weighted by atomic mass is 32.1. The number of nitrogen functional groups attached to an aromatic ring is 1. The highest BCUT2D eigenvalue weighted by Gasteiger charge is 2.05. The molecule has 0 saturated heterocycles. The van der Waals surface area contributed by atoms with Crippen LogP contribution in [0.4, 0.5) is 5.82 Å². The lowest BCUT2D eigenvalue weighted by Gasteiger charge is -2.04. The van der Waals surface area contributed by atoms with Gasteiger partial charge in [-0.1, -0.05) is 0 Å². The molecule has 0 atom stereocenters. The van der Waals surface area contributed by atoms with Crippen LogP contribution in [0.3, 0.4) is 0 Å². The zero-order valence-corrected chi connectivity index (χ0v) is 10.0. The molecule has 17 heavy (non-hydrogen) atoms. The van der Waals surface area contributed by atoms with Crippen molar-refractivity contribution in [1.29, 1.82) is 0 Å². The summed E-state index contributed by atoms with van der Waals surface area (Å²) in [6, 6.07) is 5.28. The number of aromatic nitrogens is 1. The molecule has 0 fully saturated rings. The Labute approximate surface area is 103 Å². The number of carbonyl (C=O) groups excluding carboxylic acids is 1. The molecule has 0 unspecified atom stereocenters. The number of anilines is 1. The van der Waals surface area contributed by atoms with Gasteiger partial charge in [0.1, 0.15) is 5.82 Å². The Morgan fingerprint density at radius 2 is 2.35 bits per heavy atom. The second kappa shape index (κ2) is 5.45. The van der Waals surface area contributed by atoms with Gasteiger partial charge in [-0.15, -0.1) is 0 Å². The third-order valence-electron chi connectivity index (χ3n) is 2.32. The number of nitrogens with two attached hydrogens (primary N) is 1. The number of carbonyl (C=O) groups is 1. The fourth-order valence-corrected chi connectivity index (χ4v) is 2.15. The van der Waals surface area contributed by atoms with Crippen molar-refractivity contribution >= 4 is 23.1 Å². The topological polar surface area (TPSA) is 68.0 Å². The van der Waals surface area contributed by atoms with E-state index in [0.29, 0.717) is 17.9 Å². The van der Waals surface area contributed by atoms with E-state index in [1.54, 1.807) is 23.5 Å². The van der Waals surface area contributed by atoms with Crippen molar-refractivity contribution in [3.05, 3.63) is 46.3 Å². The molecule has 1 amide bonds. The Morgan fingerprint density at radius 1 is 1.47 bits per heavy atom. The van der Waals surface area contributed by atoms with Gasteiger partial charge in [-0.05, 0) is 40.9 Å². The van der Waals surface area contributed by atoms with Crippen LogP contribution < -0.4 is 11.1 Å². The lowest BCUT2D eigenvalue weighted by molar-refractivity contribution is 0.0954. The van der Waals surface area contributed by atoms with Gasteiger partial charge in [0.05, 0.1) is 0 Å². The Morgan fingerprint density at radius 3 is 3.06 bits per heavy atom. The van der Waals surface area contributed by atoms with E-state index in [0.717, 1.165) is 6.42 Å². The first-order chi connectivity index (χ1) is 8.25. The summed E-state index contributed by atoms with van der Waals surface area (Å²) in [5, 5.41) is 6.96. The van der Waals surface area contributed by atoms with Gasteiger partial charge in [0.15, 0.2) is 0 Å². The second-order valence-electron chi connectivity index (χ2n) is 3.61. The summed E-state index contributed by atoms with van der Waals surface area (Å²) in [7, 11) is 0. The largest absolute Gasteiger partial charge is 0.384 e. The van der Waals surface area contributed by atoms with Crippen LogP contribution >= 0.6 is 11.3 Å². The summed E-state index contributed by atoms with van der Waals surface area (Å²) in [6.45, 7) is 0.623. The Bertz CT molecular complexity index is 496. The minimum absolute atomic E-state index is 0.116. The zero-order valence-electron chi connectivity index (χ0n) is 9.22. The number of hydrogen-bond acceptors (Lipinski definition) is 4. The number of thiophene rings is 1. The summed E-state index contributed by atoms with van der Waals surface area (Å²) in [4.78, 5) is 15.6. The van der Waals surface area contributed by atoms with Crippen LogP contribution in [-0.2, 0) is 6.42 Å². The lowest BCUT2D eigenvalue weighted by Crippen LogP contribution is -2.25. The van der Waals surface area contributed by atoms with Crippen LogP contribution in [0.25, 0.3) is 0 Å². The molecule has 0 aliphatic rings. The van der Waals surface area contributed by atoms with Crippen molar-refractivity contribution in [2.45, 2.75) is 6.42 Å². The molecule has 4 nitrogen and oxygen atoms in total. The number of nitrogens with one attached hydrogen (secondary N) is 1. The van der Waals surface area contributed by atoms with Crippen molar-refractivity contribution in [1.82, 2.24) is 10.3 Å². The lowest BCUT2D eigenvalue weighted by atomic mass is 10.2. The van der Waals surface area contributed by atoms with Gasteiger partial charge < -0.3 is 11.1 Å². The first-order valence-electron chi connectivity index (χ1n) is 5.26. The van der Waals surface area contributed by atoms with Gasteiger partial charge in [-0.25, -0.2) is 4.98 Å². The van der Waals surface area contributed by atoms with Crippen molar-refractivity contribution < 1.29 is 4.79 Å². The van der Waals surface area contributed by atoms with Crippen molar-refractivity contribution in [3.63, 3.8) is 0 Å². The van der Waals surface area contributed by atoms with E-state index in [-0.39, 0.29) is 5.91 Å². The molecule has 0 aliphatic carbocycles. The molecule has 3 N–H and O–H groups in total. The molecule has 0 bridgehead atoms. The molecule has 2 aromatic heterocycles. The van der Waals surface area contributed by atoms with Crippen molar-refractivity contribution in [2.24, 2.45) is 0 Å². The van der Waals surface area contributed by atoms with Crippen LogP contribution in [0.1, 0.15) is 15.9 Å². The average Bonchev–Trinajstić information content (AvgIpc) is 2.82. The normalized spacial score (nSPS) is 10.1. The maximum absolute atomic E-state index is 11.7. The summed E-state index contributed by atoms with van der Waals surface area (Å²) in [5.74, 6) is 0.241. The van der Waals surface area contributed by atoms with E-state index in [1.807, 2.05) is 5.38 Å². The summed E-state index contributed by atoms with van der Waals surface area (Å²) in [6.07, 6.45) is 2.37. The Kier molecular flexibility index (Phi) is 3.72. The fraction of sp³-hybridized carbons (Fsp3) is 0.167. The Hall–Kier alpha value is -1.88. The maximum atomic E-state index is 11.7. The summed E-state index contributed by atoms with van der Waals surface area (Å²) < 4.78 is 0. The van der Waals surface area contributed by atoms with Gasteiger partial charge in [0.2, 0.25) is 0 Å². The SMILES string of the molecule is Nc1cc(C(=O)NCCc2ccsc2)ccn1. The van der Waals surface area contributed by atoms with Gasteiger partial charge in [0, 0.05) is 18.3 Å². The molecular weight excluding hydrogens is 234 g/mol. The molecule has 0 aromatic carbocycles. The van der Waals surface area contributed by atoms with Gasteiger partial charge >= 0.3 is 0 Å². The second-order valence-corrected chi connectivity index (χ2v) is 4.39. The first kappa shape index (κ1) is 11.6. The van der Waals surface area contributed by atoms with E-state index in [9.17, 15) is 4.79 Å². The van der Waals surface area contributed by atoms with E-state index >= 15 is 0 Å². The smallest absolute Gasteiger partial charge is 0.251 e. The predicted molar refractivity (Wildman–Crippen MR) is 69.0 cm³/mol. The summed E-state index contributed by atoms with van der Waals surface area (Å²) >= 11 is 1.66. The molecule has 0 saturated carbocycles. The Balaban J connectivity index is 1.85. The van der Waals surface area contributed by atoms with Crippen LogP contribution in [-0.4, -0.2) is 17.4 Å². The monoisotopic (exact) mass is 247 g/mol. The molecular formula is C12H13N3OS. The highest BCUT2D eigenvalue weighted by molar-refractivity contribution is 7.07. The number of amides is 1. The number of nitrogens with zero attached hydrogens (tertiary/aromatic N) is 1. The maximum Gasteiger partial charge on any atom is 0.251 e.